The number of hydrogen-bond acceptors (Lipinski definition) is 5. The monoisotopic (exact) mass is 305 g/mol. The fraction of sp³-hybridized carbons (Fsp3) is 0.467. The second kappa shape index (κ2) is 5.99. The summed E-state index contributed by atoms with van der Waals surface area (Å²) in [7, 11) is 0. The lowest BCUT2D eigenvalue weighted by molar-refractivity contribution is 0.0665. The number of carbonyl (C=O) groups is 1. The van der Waals surface area contributed by atoms with Gasteiger partial charge in [0.25, 0.3) is 5.91 Å². The van der Waals surface area contributed by atoms with Gasteiger partial charge in [0.1, 0.15) is 4.88 Å². The molecule has 0 radical (unpaired) electrons. The Bertz CT molecular complexity index is 606. The molecule has 0 bridgehead atoms. The molecule has 112 valence electrons. The molecule has 1 amide bonds. The molecule has 0 aliphatic carbocycles. The molecule has 2 aromatic rings. The van der Waals surface area contributed by atoms with E-state index in [9.17, 15) is 4.79 Å². The number of nitrogens with two attached hydrogens (primary N) is 1. The SMILES string of the molecule is CC(N)C1CCCN(C(=O)c2cnc(-c3ccco3)s2)C1. The molecule has 2 unspecified atom stereocenters. The van der Waals surface area contributed by atoms with Gasteiger partial charge in [0.2, 0.25) is 0 Å². The van der Waals surface area contributed by atoms with Gasteiger partial charge >= 0.3 is 0 Å². The van der Waals surface area contributed by atoms with Crippen molar-refractivity contribution in [3.63, 3.8) is 0 Å². The molecule has 1 aliphatic rings. The van der Waals surface area contributed by atoms with Crippen molar-refractivity contribution < 1.29 is 9.21 Å². The fourth-order valence-corrected chi connectivity index (χ4v) is 3.52. The molecule has 0 saturated carbocycles. The first-order valence-electron chi connectivity index (χ1n) is 7.19. The van der Waals surface area contributed by atoms with Crippen molar-refractivity contribution in [3.05, 3.63) is 29.5 Å². The van der Waals surface area contributed by atoms with Gasteiger partial charge in [-0.15, -0.1) is 11.3 Å². The van der Waals surface area contributed by atoms with Crippen molar-refractivity contribution in [3.8, 4) is 10.8 Å². The van der Waals surface area contributed by atoms with Crippen LogP contribution in [0.4, 0.5) is 0 Å². The summed E-state index contributed by atoms with van der Waals surface area (Å²) in [5.74, 6) is 1.14. The summed E-state index contributed by atoms with van der Waals surface area (Å²) in [6, 6.07) is 3.79. The van der Waals surface area contributed by atoms with Crippen molar-refractivity contribution in [1.82, 2.24) is 9.88 Å². The Morgan fingerprint density at radius 2 is 2.48 bits per heavy atom. The Labute approximate surface area is 127 Å². The number of nitrogens with zero attached hydrogens (tertiary/aromatic N) is 2. The van der Waals surface area contributed by atoms with E-state index in [0.29, 0.717) is 16.6 Å². The highest BCUT2D eigenvalue weighted by atomic mass is 32.1. The van der Waals surface area contributed by atoms with Gasteiger partial charge in [-0.1, -0.05) is 0 Å². The van der Waals surface area contributed by atoms with Crippen LogP contribution in [0, 0.1) is 5.92 Å². The fourth-order valence-electron chi connectivity index (χ4n) is 2.67. The third kappa shape index (κ3) is 3.01. The molecule has 2 atom stereocenters. The zero-order chi connectivity index (χ0) is 14.8. The molecule has 2 N–H and O–H groups in total. The van der Waals surface area contributed by atoms with Gasteiger partial charge in [0.05, 0.1) is 12.5 Å². The van der Waals surface area contributed by atoms with E-state index in [-0.39, 0.29) is 11.9 Å². The molecule has 3 heterocycles. The van der Waals surface area contributed by atoms with Crippen molar-refractivity contribution >= 4 is 17.2 Å². The Balaban J connectivity index is 1.73. The molecule has 1 fully saturated rings. The predicted molar refractivity (Wildman–Crippen MR) is 82.1 cm³/mol. The molecule has 1 saturated heterocycles. The minimum atomic E-state index is 0.0515. The Morgan fingerprint density at radius 3 is 3.19 bits per heavy atom. The number of furan rings is 1. The van der Waals surface area contributed by atoms with Crippen molar-refractivity contribution in [2.24, 2.45) is 11.7 Å². The van der Waals surface area contributed by atoms with E-state index in [1.54, 1.807) is 12.5 Å². The normalized spacial score (nSPS) is 20.5. The molecule has 0 aromatic carbocycles. The van der Waals surface area contributed by atoms with Gasteiger partial charge in [-0.25, -0.2) is 4.98 Å². The lowest BCUT2D eigenvalue weighted by Gasteiger charge is -2.34. The first-order valence-corrected chi connectivity index (χ1v) is 8.01. The summed E-state index contributed by atoms with van der Waals surface area (Å²) < 4.78 is 5.31. The van der Waals surface area contributed by atoms with E-state index in [1.165, 1.54) is 11.3 Å². The van der Waals surface area contributed by atoms with Gasteiger partial charge in [-0.2, -0.15) is 0 Å². The first-order chi connectivity index (χ1) is 10.1. The summed E-state index contributed by atoms with van der Waals surface area (Å²) in [4.78, 5) is 19.4. The van der Waals surface area contributed by atoms with E-state index in [0.717, 1.165) is 30.9 Å². The second-order valence-electron chi connectivity index (χ2n) is 5.52. The summed E-state index contributed by atoms with van der Waals surface area (Å²) in [6.45, 7) is 3.56. The van der Waals surface area contributed by atoms with Crippen LogP contribution < -0.4 is 5.73 Å². The lowest BCUT2D eigenvalue weighted by atomic mass is 9.92. The molecule has 0 spiro atoms. The van der Waals surface area contributed by atoms with Crippen molar-refractivity contribution in [2.75, 3.05) is 13.1 Å². The van der Waals surface area contributed by atoms with Gasteiger partial charge in [-0.05, 0) is 37.8 Å². The largest absolute Gasteiger partial charge is 0.462 e. The maximum absolute atomic E-state index is 12.6. The lowest BCUT2D eigenvalue weighted by Crippen LogP contribution is -2.44. The molecule has 1 aliphatic heterocycles. The summed E-state index contributed by atoms with van der Waals surface area (Å²) in [5.41, 5.74) is 5.98. The predicted octanol–water partition coefficient (Wildman–Crippen LogP) is 2.60. The van der Waals surface area contributed by atoms with E-state index >= 15 is 0 Å². The molecule has 6 heteroatoms. The van der Waals surface area contributed by atoms with Gasteiger partial charge in [0.15, 0.2) is 10.8 Å². The van der Waals surface area contributed by atoms with E-state index in [2.05, 4.69) is 4.98 Å². The molecule has 5 nitrogen and oxygen atoms in total. The van der Waals surface area contributed by atoms with Crippen LogP contribution in [-0.4, -0.2) is 34.9 Å². The minimum absolute atomic E-state index is 0.0515. The number of amides is 1. The summed E-state index contributed by atoms with van der Waals surface area (Å²) in [5, 5.41) is 0.740. The van der Waals surface area contributed by atoms with E-state index in [4.69, 9.17) is 10.2 Å². The number of hydrogen-bond donors (Lipinski definition) is 1. The Hall–Kier alpha value is -1.66. The standard InChI is InChI=1S/C15H19N3O2S/c1-10(16)11-4-2-6-18(9-11)15(19)13-8-17-14(21-13)12-5-3-7-20-12/h3,5,7-8,10-11H,2,4,6,9,16H2,1H3. The molecule has 3 rings (SSSR count). The van der Waals surface area contributed by atoms with Crippen molar-refractivity contribution in [2.45, 2.75) is 25.8 Å². The van der Waals surface area contributed by atoms with Gasteiger partial charge in [-0.3, -0.25) is 4.79 Å². The zero-order valence-electron chi connectivity index (χ0n) is 12.0. The minimum Gasteiger partial charge on any atom is -0.462 e. The number of thiazole rings is 1. The van der Waals surface area contributed by atoms with Gasteiger partial charge in [0, 0.05) is 19.1 Å². The van der Waals surface area contributed by atoms with Gasteiger partial charge < -0.3 is 15.1 Å². The number of rotatable bonds is 3. The maximum Gasteiger partial charge on any atom is 0.265 e. The van der Waals surface area contributed by atoms with Crippen LogP contribution in [0.25, 0.3) is 10.8 Å². The number of piperidine rings is 1. The average Bonchev–Trinajstić information content (AvgIpc) is 3.17. The Morgan fingerprint density at radius 1 is 1.62 bits per heavy atom. The number of likely N-dealkylation sites (tertiary alicyclic amines) is 1. The van der Waals surface area contributed by atoms with Crippen LogP contribution in [0.5, 0.6) is 0 Å². The number of aromatic nitrogens is 1. The Kier molecular flexibility index (Phi) is 4.07. The third-order valence-corrected chi connectivity index (χ3v) is 4.94. The van der Waals surface area contributed by atoms with Crippen LogP contribution in [0.15, 0.2) is 29.0 Å². The maximum atomic E-state index is 12.6. The topological polar surface area (TPSA) is 72.4 Å². The highest BCUT2D eigenvalue weighted by molar-refractivity contribution is 7.16. The third-order valence-electron chi connectivity index (χ3n) is 3.94. The summed E-state index contributed by atoms with van der Waals surface area (Å²) >= 11 is 1.37. The van der Waals surface area contributed by atoms with Crippen LogP contribution in [0.3, 0.4) is 0 Å². The van der Waals surface area contributed by atoms with Crippen LogP contribution in [0.1, 0.15) is 29.4 Å². The average molecular weight is 305 g/mol. The highest BCUT2D eigenvalue weighted by Crippen LogP contribution is 2.27. The molecule has 21 heavy (non-hydrogen) atoms. The quantitative estimate of drug-likeness (QED) is 0.946. The zero-order valence-corrected chi connectivity index (χ0v) is 12.8. The second-order valence-corrected chi connectivity index (χ2v) is 6.55. The van der Waals surface area contributed by atoms with E-state index in [1.807, 2.05) is 24.0 Å². The van der Waals surface area contributed by atoms with Crippen molar-refractivity contribution in [1.29, 1.82) is 0 Å². The highest BCUT2D eigenvalue weighted by Gasteiger charge is 2.27. The van der Waals surface area contributed by atoms with Crippen LogP contribution in [0.2, 0.25) is 0 Å². The molecule has 2 aromatic heterocycles. The summed E-state index contributed by atoms with van der Waals surface area (Å²) in [6.07, 6.45) is 5.36. The smallest absolute Gasteiger partial charge is 0.265 e. The van der Waals surface area contributed by atoms with E-state index < -0.39 is 0 Å². The number of carbonyl (C=O) groups excluding carboxylic acids is 1. The molecular weight excluding hydrogens is 286 g/mol. The first kappa shape index (κ1) is 14.3. The van der Waals surface area contributed by atoms with Crippen LogP contribution >= 0.6 is 11.3 Å². The molecular formula is C15H19N3O2S. The van der Waals surface area contributed by atoms with Crippen LogP contribution in [-0.2, 0) is 0 Å².